The maximum Gasteiger partial charge on any atom is 0.312 e. The highest BCUT2D eigenvalue weighted by molar-refractivity contribution is 7.13. The molecule has 1 amide bonds. The molecule has 0 saturated heterocycles. The number of halogens is 2. The van der Waals surface area contributed by atoms with Gasteiger partial charge < -0.3 is 14.8 Å². The number of rotatable bonds is 8. The number of hydrogen-bond donors (Lipinski definition) is 1. The molecule has 0 fully saturated rings. The van der Waals surface area contributed by atoms with Crippen molar-refractivity contribution in [3.63, 3.8) is 0 Å². The lowest BCUT2D eigenvalue weighted by molar-refractivity contribution is -0.147. The minimum absolute atomic E-state index is 0.0378. The summed E-state index contributed by atoms with van der Waals surface area (Å²) in [5.74, 6) is -0.920. The van der Waals surface area contributed by atoms with E-state index in [1.165, 1.54) is 18.4 Å². The number of carbonyl (C=O) groups excluding carboxylic acids is 2. The minimum atomic E-state index is -0.538. The zero-order valence-corrected chi connectivity index (χ0v) is 15.7. The molecule has 1 N–H and O–H groups in total. The molecule has 0 unspecified atom stereocenters. The van der Waals surface area contributed by atoms with E-state index in [4.69, 9.17) is 32.7 Å². The van der Waals surface area contributed by atoms with Crippen molar-refractivity contribution in [1.29, 1.82) is 0 Å². The van der Waals surface area contributed by atoms with Gasteiger partial charge in [0.05, 0.1) is 28.8 Å². The summed E-state index contributed by atoms with van der Waals surface area (Å²) in [6.45, 7) is 0.419. The SMILES string of the molecule is COCCNC(=O)COC(=O)Cc1csc(-c2c(Cl)cccc2Cl)n1. The predicted octanol–water partition coefficient (Wildman–Crippen LogP) is 2.97. The van der Waals surface area contributed by atoms with E-state index in [0.717, 1.165) is 0 Å². The van der Waals surface area contributed by atoms with Gasteiger partial charge in [-0.3, -0.25) is 9.59 Å². The van der Waals surface area contributed by atoms with Crippen molar-refractivity contribution < 1.29 is 19.1 Å². The Morgan fingerprint density at radius 2 is 2.00 bits per heavy atom. The van der Waals surface area contributed by atoms with Crippen molar-refractivity contribution in [2.75, 3.05) is 26.9 Å². The van der Waals surface area contributed by atoms with E-state index in [-0.39, 0.29) is 18.9 Å². The Hall–Kier alpha value is -1.67. The fourth-order valence-corrected chi connectivity index (χ4v) is 3.47. The standard InChI is InChI=1S/C16H16Cl2N2O4S/c1-23-6-5-19-13(21)8-24-14(22)7-10-9-25-16(20-10)15-11(17)3-2-4-12(15)18/h2-4,9H,5-8H2,1H3,(H,19,21). The topological polar surface area (TPSA) is 77.5 Å². The third kappa shape index (κ3) is 5.97. The van der Waals surface area contributed by atoms with Gasteiger partial charge in [0, 0.05) is 24.6 Å². The van der Waals surface area contributed by atoms with E-state index >= 15 is 0 Å². The van der Waals surface area contributed by atoms with Crippen LogP contribution in [0.3, 0.4) is 0 Å². The predicted molar refractivity (Wildman–Crippen MR) is 97.1 cm³/mol. The van der Waals surface area contributed by atoms with Gasteiger partial charge in [-0.25, -0.2) is 4.98 Å². The van der Waals surface area contributed by atoms with Crippen molar-refractivity contribution in [3.8, 4) is 10.6 Å². The third-order valence-electron chi connectivity index (χ3n) is 3.05. The van der Waals surface area contributed by atoms with E-state index < -0.39 is 5.97 Å². The number of nitrogens with zero attached hydrogens (tertiary/aromatic N) is 1. The number of carbonyl (C=O) groups is 2. The number of nitrogens with one attached hydrogen (secondary N) is 1. The molecule has 134 valence electrons. The van der Waals surface area contributed by atoms with Crippen LogP contribution in [-0.2, 0) is 25.5 Å². The van der Waals surface area contributed by atoms with Crippen LogP contribution in [0.25, 0.3) is 10.6 Å². The Morgan fingerprint density at radius 1 is 1.28 bits per heavy atom. The van der Waals surface area contributed by atoms with Crippen LogP contribution in [0.1, 0.15) is 5.69 Å². The lowest BCUT2D eigenvalue weighted by Gasteiger charge is -2.05. The molecule has 0 aliphatic carbocycles. The normalized spacial score (nSPS) is 10.5. The van der Waals surface area contributed by atoms with Gasteiger partial charge in [-0.15, -0.1) is 11.3 Å². The Bertz CT molecular complexity index is 731. The Labute approximate surface area is 159 Å². The maximum absolute atomic E-state index is 11.8. The second-order valence-electron chi connectivity index (χ2n) is 4.92. The molecule has 1 aromatic heterocycles. The number of aromatic nitrogens is 1. The van der Waals surface area contributed by atoms with E-state index in [1.54, 1.807) is 23.6 Å². The molecule has 0 atom stereocenters. The first-order chi connectivity index (χ1) is 12.0. The van der Waals surface area contributed by atoms with Crippen LogP contribution >= 0.6 is 34.5 Å². The average Bonchev–Trinajstić information content (AvgIpc) is 3.01. The number of methoxy groups -OCH3 is 1. The molecule has 0 saturated carbocycles. The van der Waals surface area contributed by atoms with E-state index in [9.17, 15) is 9.59 Å². The number of amides is 1. The van der Waals surface area contributed by atoms with Gasteiger partial charge in [0.25, 0.3) is 5.91 Å². The number of benzene rings is 1. The Kier molecular flexibility index (Phi) is 7.64. The molecule has 0 bridgehead atoms. The van der Waals surface area contributed by atoms with E-state index in [2.05, 4.69) is 10.3 Å². The first-order valence-corrected chi connectivity index (χ1v) is 8.95. The molecule has 1 heterocycles. The van der Waals surface area contributed by atoms with Crippen molar-refractivity contribution in [3.05, 3.63) is 39.3 Å². The smallest absolute Gasteiger partial charge is 0.312 e. The van der Waals surface area contributed by atoms with Gasteiger partial charge in [0.2, 0.25) is 0 Å². The van der Waals surface area contributed by atoms with Crippen LogP contribution in [0.4, 0.5) is 0 Å². The molecule has 9 heteroatoms. The number of esters is 1. The quantitative estimate of drug-likeness (QED) is 0.542. The average molecular weight is 403 g/mol. The first-order valence-electron chi connectivity index (χ1n) is 7.31. The lowest BCUT2D eigenvalue weighted by atomic mass is 10.2. The zero-order valence-electron chi connectivity index (χ0n) is 13.4. The van der Waals surface area contributed by atoms with Crippen molar-refractivity contribution in [2.45, 2.75) is 6.42 Å². The molecule has 1 aromatic carbocycles. The summed E-state index contributed by atoms with van der Waals surface area (Å²) < 4.78 is 9.73. The van der Waals surface area contributed by atoms with Crippen LogP contribution in [0.5, 0.6) is 0 Å². The number of ether oxygens (including phenoxy) is 2. The van der Waals surface area contributed by atoms with Crippen LogP contribution in [0, 0.1) is 0 Å². The monoisotopic (exact) mass is 402 g/mol. The lowest BCUT2D eigenvalue weighted by Crippen LogP contribution is -2.31. The molecule has 0 radical (unpaired) electrons. The van der Waals surface area contributed by atoms with Crippen molar-refractivity contribution >= 4 is 46.4 Å². The summed E-state index contributed by atoms with van der Waals surface area (Å²) in [5.41, 5.74) is 1.16. The second-order valence-corrected chi connectivity index (χ2v) is 6.59. The van der Waals surface area contributed by atoms with Crippen LogP contribution in [0.15, 0.2) is 23.6 Å². The largest absolute Gasteiger partial charge is 0.455 e. The van der Waals surface area contributed by atoms with Crippen molar-refractivity contribution in [1.82, 2.24) is 10.3 Å². The van der Waals surface area contributed by atoms with Gasteiger partial charge in [-0.1, -0.05) is 29.3 Å². The van der Waals surface area contributed by atoms with Gasteiger partial charge in [-0.2, -0.15) is 0 Å². The molecular weight excluding hydrogens is 387 g/mol. The van der Waals surface area contributed by atoms with E-state index in [1.807, 2.05) is 0 Å². The molecule has 0 spiro atoms. The Morgan fingerprint density at radius 3 is 2.68 bits per heavy atom. The van der Waals surface area contributed by atoms with Gasteiger partial charge in [-0.05, 0) is 12.1 Å². The number of thiazole rings is 1. The minimum Gasteiger partial charge on any atom is -0.455 e. The van der Waals surface area contributed by atoms with Crippen LogP contribution < -0.4 is 5.32 Å². The molecule has 0 aliphatic rings. The van der Waals surface area contributed by atoms with Crippen molar-refractivity contribution in [2.24, 2.45) is 0 Å². The van der Waals surface area contributed by atoms with Crippen LogP contribution in [-0.4, -0.2) is 43.7 Å². The number of hydrogen-bond acceptors (Lipinski definition) is 6. The third-order valence-corrected chi connectivity index (χ3v) is 4.58. The highest BCUT2D eigenvalue weighted by Gasteiger charge is 2.15. The molecular formula is C16H16Cl2N2O4S. The molecule has 2 aromatic rings. The highest BCUT2D eigenvalue weighted by atomic mass is 35.5. The molecule has 0 aliphatic heterocycles. The summed E-state index contributed by atoms with van der Waals surface area (Å²) in [6.07, 6.45) is -0.0378. The van der Waals surface area contributed by atoms with E-state index in [0.29, 0.717) is 39.5 Å². The van der Waals surface area contributed by atoms with Crippen LogP contribution in [0.2, 0.25) is 10.0 Å². The second kappa shape index (κ2) is 9.72. The zero-order chi connectivity index (χ0) is 18.2. The maximum atomic E-state index is 11.8. The molecule has 2 rings (SSSR count). The summed E-state index contributed by atoms with van der Waals surface area (Å²) in [6, 6.07) is 5.19. The summed E-state index contributed by atoms with van der Waals surface area (Å²) in [4.78, 5) is 27.6. The van der Waals surface area contributed by atoms with Gasteiger partial charge in [0.15, 0.2) is 6.61 Å². The molecule has 6 nitrogen and oxygen atoms in total. The Balaban J connectivity index is 1.89. The fourth-order valence-electron chi connectivity index (χ4n) is 1.89. The van der Waals surface area contributed by atoms with Gasteiger partial charge >= 0.3 is 5.97 Å². The summed E-state index contributed by atoms with van der Waals surface area (Å²) in [5, 5.41) is 5.89. The summed E-state index contributed by atoms with van der Waals surface area (Å²) >= 11 is 13.6. The first kappa shape index (κ1) is 19.7. The molecule has 25 heavy (non-hydrogen) atoms. The summed E-state index contributed by atoms with van der Waals surface area (Å²) in [7, 11) is 1.53. The fraction of sp³-hybridized carbons (Fsp3) is 0.312. The van der Waals surface area contributed by atoms with Gasteiger partial charge in [0.1, 0.15) is 5.01 Å². The highest BCUT2D eigenvalue weighted by Crippen LogP contribution is 2.36.